The van der Waals surface area contributed by atoms with Crippen molar-refractivity contribution in [3.8, 4) is 11.8 Å². The number of hydrogen-bond acceptors (Lipinski definition) is 5. The standard InChI is InChI=1S/C12H10N2O3S2/c15-8-2-5-10-4-1-6-11(13-10)14-19(16,17)12-7-3-9-18-12/h1,3-4,6-7,9,15H,8H2,(H,13,14). The summed E-state index contributed by atoms with van der Waals surface area (Å²) in [5, 5.41) is 10.3. The van der Waals surface area contributed by atoms with Crippen LogP contribution in [0.1, 0.15) is 5.69 Å². The van der Waals surface area contributed by atoms with Crippen molar-refractivity contribution in [2.45, 2.75) is 4.21 Å². The number of sulfonamides is 1. The average Bonchev–Trinajstić information content (AvgIpc) is 2.91. The zero-order valence-electron chi connectivity index (χ0n) is 9.70. The van der Waals surface area contributed by atoms with E-state index in [4.69, 9.17) is 5.11 Å². The molecular weight excluding hydrogens is 284 g/mol. The summed E-state index contributed by atoms with van der Waals surface area (Å²) in [5.41, 5.74) is 0.389. The van der Waals surface area contributed by atoms with Crippen molar-refractivity contribution in [1.82, 2.24) is 4.98 Å². The van der Waals surface area contributed by atoms with Gasteiger partial charge in [0.2, 0.25) is 0 Å². The van der Waals surface area contributed by atoms with Crippen molar-refractivity contribution in [3.05, 3.63) is 41.4 Å². The van der Waals surface area contributed by atoms with Gasteiger partial charge in [0.1, 0.15) is 22.3 Å². The van der Waals surface area contributed by atoms with E-state index in [1.54, 1.807) is 23.6 Å². The molecule has 0 saturated heterocycles. The fourth-order valence-corrected chi connectivity index (χ4v) is 3.29. The van der Waals surface area contributed by atoms with Gasteiger partial charge in [0, 0.05) is 0 Å². The predicted octanol–water partition coefficient (Wildman–Crippen LogP) is 1.29. The van der Waals surface area contributed by atoms with E-state index >= 15 is 0 Å². The molecule has 0 aliphatic heterocycles. The van der Waals surface area contributed by atoms with E-state index in [9.17, 15) is 8.42 Å². The van der Waals surface area contributed by atoms with Gasteiger partial charge >= 0.3 is 0 Å². The van der Waals surface area contributed by atoms with Crippen LogP contribution in [0.15, 0.2) is 39.9 Å². The maximum Gasteiger partial charge on any atom is 0.272 e. The predicted molar refractivity (Wildman–Crippen MR) is 73.3 cm³/mol. The summed E-state index contributed by atoms with van der Waals surface area (Å²) in [7, 11) is -3.60. The van der Waals surface area contributed by atoms with Gasteiger partial charge in [-0.3, -0.25) is 4.72 Å². The molecule has 0 aliphatic carbocycles. The van der Waals surface area contributed by atoms with E-state index in [0.29, 0.717) is 5.69 Å². The highest BCUT2D eigenvalue weighted by molar-refractivity contribution is 7.94. The van der Waals surface area contributed by atoms with Crippen LogP contribution in [-0.2, 0) is 10.0 Å². The van der Waals surface area contributed by atoms with Crippen molar-refractivity contribution < 1.29 is 13.5 Å². The molecule has 7 heteroatoms. The first-order valence-electron chi connectivity index (χ1n) is 5.25. The number of aromatic nitrogens is 1. The molecule has 0 unspecified atom stereocenters. The van der Waals surface area contributed by atoms with Crippen LogP contribution in [0.3, 0.4) is 0 Å². The SMILES string of the molecule is O=S(=O)(Nc1cccc(C#CCO)n1)c1cccs1. The van der Waals surface area contributed by atoms with E-state index in [1.165, 1.54) is 12.1 Å². The maximum absolute atomic E-state index is 12.0. The molecule has 0 atom stereocenters. The lowest BCUT2D eigenvalue weighted by Crippen LogP contribution is -2.12. The zero-order valence-corrected chi connectivity index (χ0v) is 11.3. The first kappa shape index (κ1) is 13.5. The largest absolute Gasteiger partial charge is 0.384 e. The van der Waals surface area contributed by atoms with Gasteiger partial charge in [-0.15, -0.1) is 11.3 Å². The Balaban J connectivity index is 2.25. The lowest BCUT2D eigenvalue weighted by atomic mass is 10.3. The van der Waals surface area contributed by atoms with Gasteiger partial charge in [0.15, 0.2) is 0 Å². The van der Waals surface area contributed by atoms with Gasteiger partial charge in [0.05, 0.1) is 0 Å². The molecule has 0 bridgehead atoms. The minimum atomic E-state index is -3.60. The Hall–Kier alpha value is -1.88. The number of pyridine rings is 1. The summed E-state index contributed by atoms with van der Waals surface area (Å²) < 4.78 is 26.5. The highest BCUT2D eigenvalue weighted by atomic mass is 32.2. The summed E-state index contributed by atoms with van der Waals surface area (Å²) in [4.78, 5) is 4.03. The molecule has 2 aromatic rings. The van der Waals surface area contributed by atoms with Crippen LogP contribution >= 0.6 is 11.3 Å². The number of hydrogen-bond donors (Lipinski definition) is 2. The Morgan fingerprint density at radius 2 is 2.16 bits per heavy atom. The normalized spacial score (nSPS) is 10.6. The minimum absolute atomic E-state index is 0.193. The minimum Gasteiger partial charge on any atom is -0.384 e. The molecule has 2 aromatic heterocycles. The Labute approximate surface area is 115 Å². The Kier molecular flexibility index (Phi) is 4.16. The van der Waals surface area contributed by atoms with Gasteiger partial charge in [0.25, 0.3) is 10.0 Å². The van der Waals surface area contributed by atoms with Crippen molar-refractivity contribution in [2.24, 2.45) is 0 Å². The number of rotatable bonds is 3. The molecule has 0 aromatic carbocycles. The first-order chi connectivity index (χ1) is 9.12. The smallest absolute Gasteiger partial charge is 0.272 e. The molecule has 0 fully saturated rings. The average molecular weight is 294 g/mol. The molecule has 98 valence electrons. The highest BCUT2D eigenvalue weighted by Gasteiger charge is 2.15. The molecule has 0 aliphatic rings. The maximum atomic E-state index is 12.0. The Morgan fingerprint density at radius 1 is 1.32 bits per heavy atom. The van der Waals surface area contributed by atoms with E-state index in [1.807, 2.05) is 0 Å². The van der Waals surface area contributed by atoms with Gasteiger partial charge < -0.3 is 5.11 Å². The second-order valence-corrected chi connectivity index (χ2v) is 6.26. The lowest BCUT2D eigenvalue weighted by Gasteiger charge is -2.05. The van der Waals surface area contributed by atoms with Crippen molar-refractivity contribution >= 4 is 27.2 Å². The molecule has 0 radical (unpaired) electrons. The van der Waals surface area contributed by atoms with E-state index in [-0.39, 0.29) is 16.6 Å². The van der Waals surface area contributed by atoms with E-state index in [0.717, 1.165) is 11.3 Å². The summed E-state index contributed by atoms with van der Waals surface area (Å²) in [6.07, 6.45) is 0. The van der Waals surface area contributed by atoms with Crippen molar-refractivity contribution in [1.29, 1.82) is 0 Å². The number of nitrogens with zero attached hydrogens (tertiary/aromatic N) is 1. The second-order valence-electron chi connectivity index (χ2n) is 3.41. The lowest BCUT2D eigenvalue weighted by molar-refractivity contribution is 0.350. The van der Waals surface area contributed by atoms with Crippen LogP contribution < -0.4 is 4.72 Å². The molecular formula is C12H10N2O3S2. The van der Waals surface area contributed by atoms with Crippen molar-refractivity contribution in [2.75, 3.05) is 11.3 Å². The molecule has 5 nitrogen and oxygen atoms in total. The summed E-state index contributed by atoms with van der Waals surface area (Å²) >= 11 is 1.13. The second kappa shape index (κ2) is 5.84. The summed E-state index contributed by atoms with van der Waals surface area (Å²) in [5.74, 6) is 5.25. The molecule has 2 heterocycles. The van der Waals surface area contributed by atoms with Crippen LogP contribution in [0, 0.1) is 11.8 Å². The first-order valence-corrected chi connectivity index (χ1v) is 7.61. The molecule has 19 heavy (non-hydrogen) atoms. The number of anilines is 1. The number of nitrogens with one attached hydrogen (secondary N) is 1. The topological polar surface area (TPSA) is 79.3 Å². The van der Waals surface area contributed by atoms with Crippen LogP contribution in [0.25, 0.3) is 0 Å². The molecule has 0 saturated carbocycles. The van der Waals surface area contributed by atoms with Crippen molar-refractivity contribution in [3.63, 3.8) is 0 Å². The number of aliphatic hydroxyl groups is 1. The van der Waals surface area contributed by atoms with Gasteiger partial charge in [-0.2, -0.15) is 0 Å². The van der Waals surface area contributed by atoms with Crippen LogP contribution in [0.5, 0.6) is 0 Å². The summed E-state index contributed by atoms with van der Waals surface area (Å²) in [6.45, 7) is -0.271. The molecule has 2 rings (SSSR count). The van der Waals surface area contributed by atoms with Crippen LogP contribution in [0.4, 0.5) is 5.82 Å². The van der Waals surface area contributed by atoms with Gasteiger partial charge in [-0.05, 0) is 29.5 Å². The third kappa shape index (κ3) is 3.54. The highest BCUT2D eigenvalue weighted by Crippen LogP contribution is 2.19. The summed E-state index contributed by atoms with van der Waals surface area (Å²) in [6, 6.07) is 7.99. The van der Waals surface area contributed by atoms with Gasteiger partial charge in [-0.25, -0.2) is 13.4 Å². The number of aliphatic hydroxyl groups excluding tert-OH is 1. The van der Waals surface area contributed by atoms with E-state index < -0.39 is 10.0 Å². The fourth-order valence-electron chi connectivity index (χ4n) is 1.30. The quantitative estimate of drug-likeness (QED) is 0.836. The fraction of sp³-hybridized carbons (Fsp3) is 0.0833. The van der Waals surface area contributed by atoms with Crippen LogP contribution in [-0.4, -0.2) is 25.1 Å². The Morgan fingerprint density at radius 3 is 2.84 bits per heavy atom. The monoisotopic (exact) mass is 294 g/mol. The third-order valence-corrected chi connectivity index (χ3v) is 4.80. The zero-order chi connectivity index (χ0) is 13.7. The molecule has 0 amide bonds. The van der Waals surface area contributed by atoms with Crippen LogP contribution in [0.2, 0.25) is 0 Å². The van der Waals surface area contributed by atoms with E-state index in [2.05, 4.69) is 21.5 Å². The third-order valence-electron chi connectivity index (χ3n) is 2.04. The molecule has 2 N–H and O–H groups in total. The number of thiophene rings is 1. The van der Waals surface area contributed by atoms with Gasteiger partial charge in [-0.1, -0.05) is 18.1 Å². The molecule has 0 spiro atoms. The Bertz CT molecular complexity index is 713.